The number of hydrogen-bond acceptors (Lipinski definition) is 5. The van der Waals surface area contributed by atoms with Crippen LogP contribution < -0.4 is 10.2 Å². The molecule has 2 N–H and O–H groups in total. The third-order valence-electron chi connectivity index (χ3n) is 5.30. The Labute approximate surface area is 193 Å². The summed E-state index contributed by atoms with van der Waals surface area (Å²) in [5.41, 5.74) is 6.02. The molecule has 4 rings (SSSR count). The number of aryl methyl sites for hydroxylation is 1. The molecule has 0 radical (unpaired) electrons. The van der Waals surface area contributed by atoms with Gasteiger partial charge < -0.3 is 15.0 Å². The van der Waals surface area contributed by atoms with Gasteiger partial charge in [-0.25, -0.2) is 4.98 Å². The third kappa shape index (κ3) is 5.91. The fourth-order valence-electron chi connectivity index (χ4n) is 3.54. The van der Waals surface area contributed by atoms with Crippen molar-refractivity contribution in [2.45, 2.75) is 12.8 Å². The number of nitrogens with one attached hydrogen (secondary N) is 2. The summed E-state index contributed by atoms with van der Waals surface area (Å²) in [6.07, 6.45) is 7.45. The fourth-order valence-corrected chi connectivity index (χ4v) is 3.65. The van der Waals surface area contributed by atoms with E-state index in [1.807, 2.05) is 18.5 Å². The second kappa shape index (κ2) is 10.9. The first-order chi connectivity index (χ1) is 15.7. The van der Waals surface area contributed by atoms with Gasteiger partial charge >= 0.3 is 0 Å². The van der Waals surface area contributed by atoms with Crippen molar-refractivity contribution in [2.24, 2.45) is 0 Å². The molecule has 0 spiro atoms. The van der Waals surface area contributed by atoms with Crippen LogP contribution in [0.4, 0.5) is 5.69 Å². The highest BCUT2D eigenvalue weighted by Crippen LogP contribution is 2.25. The van der Waals surface area contributed by atoms with Crippen molar-refractivity contribution in [2.75, 3.05) is 37.7 Å². The normalized spacial score (nSPS) is 13.3. The first-order valence-corrected chi connectivity index (χ1v) is 11.1. The monoisotopic (exact) mass is 447 g/mol. The molecule has 1 saturated heterocycles. The van der Waals surface area contributed by atoms with Gasteiger partial charge in [-0.3, -0.25) is 5.10 Å². The smallest absolute Gasteiger partial charge is 0.129 e. The number of aromatic amines is 1. The highest BCUT2D eigenvalue weighted by atomic mass is 35.5. The quantitative estimate of drug-likeness (QED) is 0.327. The molecule has 3 heterocycles. The fraction of sp³-hybridized carbons (Fsp3) is 0.280. The van der Waals surface area contributed by atoms with Crippen LogP contribution in [-0.4, -0.2) is 48.0 Å². The Hall–Kier alpha value is -3.27. The zero-order valence-corrected chi connectivity index (χ0v) is 18.7. The summed E-state index contributed by atoms with van der Waals surface area (Å²) in [6.45, 7) is 8.22. The number of nitrogens with zero attached hydrogens (tertiary/aromatic N) is 3. The number of aromatic nitrogens is 3. The summed E-state index contributed by atoms with van der Waals surface area (Å²) in [6, 6.07) is 9.96. The lowest BCUT2D eigenvalue weighted by atomic mass is 10.0. The SMILES string of the molecule is C=C(NCCCc1cn[nH]c1)c1ccc(N2CCOCC2)c(C#Cc2ccc(Cl)nc2)c1. The number of H-pyrrole nitrogens is 1. The van der Waals surface area contributed by atoms with Crippen LogP contribution >= 0.6 is 11.6 Å². The Balaban J connectivity index is 1.49. The lowest BCUT2D eigenvalue weighted by Gasteiger charge is -2.30. The Morgan fingerprint density at radius 1 is 1.19 bits per heavy atom. The third-order valence-corrected chi connectivity index (χ3v) is 5.52. The van der Waals surface area contributed by atoms with Gasteiger partial charge in [0.15, 0.2) is 0 Å². The maximum atomic E-state index is 5.89. The molecule has 3 aromatic rings. The number of pyridine rings is 1. The number of anilines is 1. The largest absolute Gasteiger partial charge is 0.385 e. The summed E-state index contributed by atoms with van der Waals surface area (Å²) in [4.78, 5) is 6.43. The second-order valence-electron chi connectivity index (χ2n) is 7.57. The highest BCUT2D eigenvalue weighted by Gasteiger charge is 2.15. The molecule has 2 aromatic heterocycles. The summed E-state index contributed by atoms with van der Waals surface area (Å²) < 4.78 is 5.52. The van der Waals surface area contributed by atoms with Gasteiger partial charge in [-0.15, -0.1) is 0 Å². The summed E-state index contributed by atoms with van der Waals surface area (Å²) >= 11 is 5.89. The number of morpholine rings is 1. The second-order valence-corrected chi connectivity index (χ2v) is 7.95. The van der Waals surface area contributed by atoms with Crippen LogP contribution in [-0.2, 0) is 11.2 Å². The van der Waals surface area contributed by atoms with Crippen LogP contribution in [0.5, 0.6) is 0 Å². The number of halogens is 1. The lowest BCUT2D eigenvalue weighted by Crippen LogP contribution is -2.36. The Morgan fingerprint density at radius 2 is 2.06 bits per heavy atom. The van der Waals surface area contributed by atoms with E-state index in [1.54, 1.807) is 12.3 Å². The van der Waals surface area contributed by atoms with Gasteiger partial charge in [0, 0.05) is 48.9 Å². The predicted octanol–water partition coefficient (Wildman–Crippen LogP) is 3.89. The van der Waals surface area contributed by atoms with Crippen molar-refractivity contribution in [1.29, 1.82) is 0 Å². The van der Waals surface area contributed by atoms with Crippen LogP contribution in [0.15, 0.2) is 55.5 Å². The minimum Gasteiger partial charge on any atom is -0.385 e. The zero-order valence-electron chi connectivity index (χ0n) is 17.9. The van der Waals surface area contributed by atoms with E-state index in [0.717, 1.165) is 73.8 Å². The molecule has 0 atom stereocenters. The summed E-state index contributed by atoms with van der Waals surface area (Å²) in [7, 11) is 0. The molecular formula is C25H26ClN5O. The average molecular weight is 448 g/mol. The van der Waals surface area contributed by atoms with Crippen molar-refractivity contribution in [3.05, 3.63) is 82.9 Å². The van der Waals surface area contributed by atoms with Crippen molar-refractivity contribution in [3.8, 4) is 11.8 Å². The molecule has 0 unspecified atom stereocenters. The molecule has 1 aromatic carbocycles. The molecule has 1 aliphatic heterocycles. The van der Waals surface area contributed by atoms with E-state index in [2.05, 4.69) is 62.0 Å². The van der Waals surface area contributed by atoms with Crippen LogP contribution in [0, 0.1) is 11.8 Å². The van der Waals surface area contributed by atoms with Gasteiger partial charge in [-0.1, -0.05) is 36.1 Å². The molecule has 6 nitrogen and oxygen atoms in total. The number of ether oxygens (including phenoxy) is 1. The average Bonchev–Trinajstić information content (AvgIpc) is 3.35. The van der Waals surface area contributed by atoms with Crippen molar-refractivity contribution in [1.82, 2.24) is 20.5 Å². The van der Waals surface area contributed by atoms with Crippen molar-refractivity contribution >= 4 is 23.0 Å². The van der Waals surface area contributed by atoms with Gasteiger partial charge in [0.1, 0.15) is 5.15 Å². The van der Waals surface area contributed by atoms with E-state index in [-0.39, 0.29) is 0 Å². The van der Waals surface area contributed by atoms with Gasteiger partial charge in [0.25, 0.3) is 0 Å². The van der Waals surface area contributed by atoms with Crippen LogP contribution in [0.1, 0.15) is 28.7 Å². The maximum absolute atomic E-state index is 5.89. The van der Waals surface area contributed by atoms with Crippen LogP contribution in [0.2, 0.25) is 5.15 Å². The summed E-state index contributed by atoms with van der Waals surface area (Å²) in [5, 5.41) is 10.7. The van der Waals surface area contributed by atoms with Gasteiger partial charge in [-0.05, 0) is 48.2 Å². The number of hydrogen-bond donors (Lipinski definition) is 2. The highest BCUT2D eigenvalue weighted by molar-refractivity contribution is 6.29. The van der Waals surface area contributed by atoms with E-state index in [9.17, 15) is 0 Å². The lowest BCUT2D eigenvalue weighted by molar-refractivity contribution is 0.122. The molecule has 1 aliphatic rings. The van der Waals surface area contributed by atoms with Crippen molar-refractivity contribution in [3.63, 3.8) is 0 Å². The minimum atomic E-state index is 0.460. The van der Waals surface area contributed by atoms with E-state index in [1.165, 1.54) is 5.56 Å². The van der Waals surface area contributed by atoms with E-state index >= 15 is 0 Å². The van der Waals surface area contributed by atoms with Gasteiger partial charge in [-0.2, -0.15) is 5.10 Å². The molecular weight excluding hydrogens is 422 g/mol. The zero-order chi connectivity index (χ0) is 22.2. The first kappa shape index (κ1) is 21.9. The maximum Gasteiger partial charge on any atom is 0.129 e. The Morgan fingerprint density at radius 3 is 2.81 bits per heavy atom. The van der Waals surface area contributed by atoms with E-state index in [0.29, 0.717) is 5.15 Å². The van der Waals surface area contributed by atoms with E-state index in [4.69, 9.17) is 16.3 Å². The molecule has 0 saturated carbocycles. The molecule has 32 heavy (non-hydrogen) atoms. The van der Waals surface area contributed by atoms with E-state index < -0.39 is 0 Å². The molecule has 1 fully saturated rings. The van der Waals surface area contributed by atoms with Gasteiger partial charge in [0.2, 0.25) is 0 Å². The standard InChI is InChI=1S/C25H26ClN5O/c1-19(27-10-2-3-21-17-29-30-18-21)22-7-8-24(31-11-13-32-14-12-31)23(15-22)6-4-20-5-9-25(26)28-16-20/h5,7-9,15-18,27H,1-3,10-14H2,(H,29,30). The molecule has 0 amide bonds. The number of benzene rings is 1. The minimum absolute atomic E-state index is 0.460. The van der Waals surface area contributed by atoms with Gasteiger partial charge in [0.05, 0.1) is 25.1 Å². The van der Waals surface area contributed by atoms with Crippen molar-refractivity contribution < 1.29 is 4.74 Å². The Kier molecular flexibility index (Phi) is 7.44. The topological polar surface area (TPSA) is 66.1 Å². The number of rotatable bonds is 7. The van der Waals surface area contributed by atoms with Crippen LogP contribution in [0.25, 0.3) is 5.70 Å². The Bertz CT molecular complexity index is 1090. The first-order valence-electron chi connectivity index (χ1n) is 10.7. The molecule has 0 aliphatic carbocycles. The molecule has 0 bridgehead atoms. The van der Waals surface area contributed by atoms with Crippen LogP contribution in [0.3, 0.4) is 0 Å². The molecule has 164 valence electrons. The summed E-state index contributed by atoms with van der Waals surface area (Å²) in [5.74, 6) is 6.55. The predicted molar refractivity (Wildman–Crippen MR) is 129 cm³/mol. The molecule has 7 heteroatoms.